The molecule has 0 aromatic heterocycles. The number of ether oxygens (including phenoxy) is 1. The molecule has 1 unspecified atom stereocenters. The summed E-state index contributed by atoms with van der Waals surface area (Å²) in [6.45, 7) is 1.03. The standard InChI is InChI=1S/C9H16OS2/c1(3-8-7-10-8)4-9-11-5-2-6-12-9/h8-9H,1-7H2. The summed E-state index contributed by atoms with van der Waals surface area (Å²) in [6.07, 6.45) is 6.13. The molecule has 0 spiro atoms. The minimum atomic E-state index is 0.642. The predicted octanol–water partition coefficient (Wildman–Crippen LogP) is 2.75. The molecule has 2 saturated heterocycles. The van der Waals surface area contributed by atoms with Crippen molar-refractivity contribution in [3.8, 4) is 0 Å². The zero-order valence-electron chi connectivity index (χ0n) is 7.33. The number of hydrogen-bond donors (Lipinski definition) is 0. The van der Waals surface area contributed by atoms with Gasteiger partial charge in [0.2, 0.25) is 0 Å². The fraction of sp³-hybridized carbons (Fsp3) is 1.00. The monoisotopic (exact) mass is 204 g/mol. The van der Waals surface area contributed by atoms with E-state index in [4.69, 9.17) is 4.74 Å². The van der Waals surface area contributed by atoms with E-state index in [0.29, 0.717) is 6.10 Å². The molecule has 0 amide bonds. The Morgan fingerprint density at radius 1 is 1.17 bits per heavy atom. The first-order chi connectivity index (χ1) is 5.95. The van der Waals surface area contributed by atoms with Crippen molar-refractivity contribution in [2.24, 2.45) is 0 Å². The molecule has 1 nitrogen and oxygen atoms in total. The van der Waals surface area contributed by atoms with Gasteiger partial charge in [0.25, 0.3) is 0 Å². The van der Waals surface area contributed by atoms with Crippen molar-refractivity contribution in [1.82, 2.24) is 0 Å². The molecule has 1 atom stereocenters. The Bertz CT molecular complexity index is 130. The Hall–Kier alpha value is 0.660. The van der Waals surface area contributed by atoms with E-state index < -0.39 is 0 Å². The fourth-order valence-electron chi connectivity index (χ4n) is 1.45. The third-order valence-electron chi connectivity index (χ3n) is 2.26. The van der Waals surface area contributed by atoms with Crippen molar-refractivity contribution in [3.63, 3.8) is 0 Å². The lowest BCUT2D eigenvalue weighted by Gasteiger charge is -2.20. The molecule has 2 rings (SSSR count). The van der Waals surface area contributed by atoms with E-state index in [0.717, 1.165) is 11.2 Å². The molecule has 12 heavy (non-hydrogen) atoms. The van der Waals surface area contributed by atoms with Crippen LogP contribution in [0.2, 0.25) is 0 Å². The molecule has 2 heterocycles. The molecule has 2 aliphatic heterocycles. The molecule has 0 aromatic rings. The molecule has 0 aromatic carbocycles. The van der Waals surface area contributed by atoms with Crippen LogP contribution in [-0.2, 0) is 4.74 Å². The quantitative estimate of drug-likeness (QED) is 0.653. The number of epoxide rings is 1. The summed E-state index contributed by atoms with van der Waals surface area (Å²) in [6, 6.07) is 0. The van der Waals surface area contributed by atoms with Gasteiger partial charge in [-0.3, -0.25) is 0 Å². The summed E-state index contributed by atoms with van der Waals surface area (Å²) in [5.74, 6) is 2.77. The summed E-state index contributed by atoms with van der Waals surface area (Å²) in [4.78, 5) is 0. The predicted molar refractivity (Wildman–Crippen MR) is 56.9 cm³/mol. The van der Waals surface area contributed by atoms with Gasteiger partial charge >= 0.3 is 0 Å². The molecule has 2 aliphatic rings. The van der Waals surface area contributed by atoms with Gasteiger partial charge in [-0.05, 0) is 37.2 Å². The van der Waals surface area contributed by atoms with Crippen LogP contribution in [0.25, 0.3) is 0 Å². The first-order valence-corrected chi connectivity index (χ1v) is 6.90. The molecular weight excluding hydrogens is 188 g/mol. The summed E-state index contributed by atoms with van der Waals surface area (Å²) in [5, 5.41) is 0. The molecule has 0 aliphatic carbocycles. The van der Waals surface area contributed by atoms with Crippen LogP contribution in [0, 0.1) is 0 Å². The lowest BCUT2D eigenvalue weighted by atomic mass is 10.2. The highest BCUT2D eigenvalue weighted by Crippen LogP contribution is 2.34. The minimum Gasteiger partial charge on any atom is -0.373 e. The molecular formula is C9H16OS2. The Balaban J connectivity index is 1.52. The van der Waals surface area contributed by atoms with Crippen LogP contribution in [-0.4, -0.2) is 28.8 Å². The van der Waals surface area contributed by atoms with E-state index in [2.05, 4.69) is 23.5 Å². The van der Waals surface area contributed by atoms with E-state index in [1.54, 1.807) is 0 Å². The Kier molecular flexibility index (Phi) is 3.67. The highest BCUT2D eigenvalue weighted by atomic mass is 32.2. The second-order valence-electron chi connectivity index (χ2n) is 3.41. The number of hydrogen-bond acceptors (Lipinski definition) is 3. The van der Waals surface area contributed by atoms with Crippen LogP contribution in [0.15, 0.2) is 0 Å². The Labute approximate surface area is 83.0 Å². The Morgan fingerprint density at radius 3 is 2.58 bits per heavy atom. The van der Waals surface area contributed by atoms with Gasteiger partial charge < -0.3 is 4.74 Å². The van der Waals surface area contributed by atoms with Crippen LogP contribution in [0.4, 0.5) is 0 Å². The second-order valence-corrected chi connectivity index (χ2v) is 6.33. The normalized spacial score (nSPS) is 30.5. The van der Waals surface area contributed by atoms with Crippen LogP contribution in [0.3, 0.4) is 0 Å². The Morgan fingerprint density at radius 2 is 1.92 bits per heavy atom. The topological polar surface area (TPSA) is 12.5 Å². The summed E-state index contributed by atoms with van der Waals surface area (Å²) in [7, 11) is 0. The van der Waals surface area contributed by atoms with E-state index in [-0.39, 0.29) is 0 Å². The average Bonchev–Trinajstić information content (AvgIpc) is 2.90. The maximum Gasteiger partial charge on any atom is 0.0810 e. The van der Waals surface area contributed by atoms with Crippen molar-refractivity contribution in [3.05, 3.63) is 0 Å². The second kappa shape index (κ2) is 4.77. The zero-order valence-corrected chi connectivity index (χ0v) is 8.96. The largest absolute Gasteiger partial charge is 0.373 e. The highest BCUT2D eigenvalue weighted by Gasteiger charge is 2.22. The van der Waals surface area contributed by atoms with Crippen molar-refractivity contribution in [2.45, 2.75) is 36.4 Å². The minimum absolute atomic E-state index is 0.642. The van der Waals surface area contributed by atoms with E-state index in [1.807, 2.05) is 0 Å². The molecule has 70 valence electrons. The van der Waals surface area contributed by atoms with E-state index in [1.165, 1.54) is 37.2 Å². The average molecular weight is 204 g/mol. The molecule has 0 bridgehead atoms. The summed E-state index contributed by atoms with van der Waals surface area (Å²) >= 11 is 4.31. The van der Waals surface area contributed by atoms with Crippen LogP contribution in [0.1, 0.15) is 25.7 Å². The zero-order chi connectivity index (χ0) is 8.23. The van der Waals surface area contributed by atoms with Crippen LogP contribution in [0.5, 0.6) is 0 Å². The summed E-state index contributed by atoms with van der Waals surface area (Å²) < 4.78 is 6.08. The van der Waals surface area contributed by atoms with Gasteiger partial charge in [0.05, 0.1) is 17.3 Å². The van der Waals surface area contributed by atoms with Gasteiger partial charge in [0.15, 0.2) is 0 Å². The molecule has 2 fully saturated rings. The molecule has 0 N–H and O–H groups in total. The van der Waals surface area contributed by atoms with Gasteiger partial charge in [-0.25, -0.2) is 0 Å². The third-order valence-corrected chi connectivity index (χ3v) is 5.34. The fourth-order valence-corrected chi connectivity index (χ4v) is 4.41. The molecule has 3 heteroatoms. The number of rotatable bonds is 4. The first kappa shape index (κ1) is 9.22. The summed E-state index contributed by atoms with van der Waals surface area (Å²) in [5.41, 5.74) is 0. The molecule has 0 saturated carbocycles. The van der Waals surface area contributed by atoms with Crippen LogP contribution < -0.4 is 0 Å². The maximum atomic E-state index is 5.18. The lowest BCUT2D eigenvalue weighted by molar-refractivity contribution is 0.391. The smallest absolute Gasteiger partial charge is 0.0810 e. The van der Waals surface area contributed by atoms with Gasteiger partial charge in [-0.2, -0.15) is 0 Å². The molecule has 0 radical (unpaired) electrons. The maximum absolute atomic E-state index is 5.18. The highest BCUT2D eigenvalue weighted by molar-refractivity contribution is 8.17. The van der Waals surface area contributed by atoms with Crippen LogP contribution >= 0.6 is 23.5 Å². The first-order valence-electron chi connectivity index (χ1n) is 4.80. The van der Waals surface area contributed by atoms with Gasteiger partial charge in [0.1, 0.15) is 0 Å². The van der Waals surface area contributed by atoms with E-state index in [9.17, 15) is 0 Å². The van der Waals surface area contributed by atoms with Crippen molar-refractivity contribution in [1.29, 1.82) is 0 Å². The third kappa shape index (κ3) is 3.19. The van der Waals surface area contributed by atoms with Gasteiger partial charge in [-0.1, -0.05) is 0 Å². The van der Waals surface area contributed by atoms with Crippen molar-refractivity contribution in [2.75, 3.05) is 18.1 Å². The van der Waals surface area contributed by atoms with E-state index >= 15 is 0 Å². The lowest BCUT2D eigenvalue weighted by Crippen LogP contribution is -2.06. The number of thioether (sulfide) groups is 2. The van der Waals surface area contributed by atoms with Gasteiger partial charge in [0, 0.05) is 0 Å². The van der Waals surface area contributed by atoms with Crippen molar-refractivity contribution >= 4 is 23.5 Å². The van der Waals surface area contributed by atoms with Gasteiger partial charge in [-0.15, -0.1) is 23.5 Å². The van der Waals surface area contributed by atoms with Crippen molar-refractivity contribution < 1.29 is 4.74 Å². The SMILES string of the molecule is C1CSC(CCCC2CO2)SC1.